The van der Waals surface area contributed by atoms with Gasteiger partial charge in [-0.05, 0) is 0 Å². The molecule has 0 aromatic heterocycles. The van der Waals surface area contributed by atoms with Crippen molar-refractivity contribution in [3.63, 3.8) is 0 Å². The largest absolute Gasteiger partial charge is 0.165 e. The molecular weight excluding hydrogens is 274 g/mol. The summed E-state index contributed by atoms with van der Waals surface area (Å²) in [6.45, 7) is 2.12. The Bertz CT molecular complexity index is 324. The van der Waals surface area contributed by atoms with Crippen LogP contribution in [0.5, 0.6) is 0 Å². The van der Waals surface area contributed by atoms with Gasteiger partial charge in [0.15, 0.2) is 0 Å². The van der Waals surface area contributed by atoms with Crippen LogP contribution in [0.4, 0.5) is 0 Å². The third kappa shape index (κ3) is 4.29. The van der Waals surface area contributed by atoms with Gasteiger partial charge in [0.05, 0.1) is 0 Å². The third-order valence-corrected chi connectivity index (χ3v) is 1.76. The molecular formula is C10H12Cl3Ti-. The Balaban J connectivity index is -0.000000302. The van der Waals surface area contributed by atoms with E-state index in [0.29, 0.717) is 0 Å². The fourth-order valence-electron chi connectivity index (χ4n) is 1.31. The number of hydrogen-bond donors (Lipinski definition) is 0. The molecule has 0 saturated heterocycles. The molecule has 4 heteroatoms. The van der Waals surface area contributed by atoms with Crippen LogP contribution in [0.25, 0.3) is 10.8 Å². The average Bonchev–Trinajstić information content (AvgIpc) is 2.27. The topological polar surface area (TPSA) is 0 Å². The monoisotopic (exact) mass is 285 g/mol. The molecule has 0 atom stereocenters. The summed E-state index contributed by atoms with van der Waals surface area (Å²) >= 11 is 0. The van der Waals surface area contributed by atoms with Crippen molar-refractivity contribution < 1.29 is 21.7 Å². The van der Waals surface area contributed by atoms with Crippen LogP contribution in [0.15, 0.2) is 36.4 Å². The van der Waals surface area contributed by atoms with Crippen molar-refractivity contribution in [2.24, 2.45) is 0 Å². The molecule has 0 heterocycles. The van der Waals surface area contributed by atoms with Crippen molar-refractivity contribution in [2.75, 3.05) is 0 Å². The number of rotatable bonds is 0. The maximum absolute atomic E-state index is 2.20. The molecule has 2 aromatic carbocycles. The van der Waals surface area contributed by atoms with E-state index in [4.69, 9.17) is 0 Å². The predicted molar refractivity (Wildman–Crippen MR) is 66.0 cm³/mol. The van der Waals surface area contributed by atoms with Crippen LogP contribution >= 0.6 is 37.2 Å². The van der Waals surface area contributed by atoms with Crippen LogP contribution in [0, 0.1) is 6.92 Å². The molecule has 0 aliphatic rings. The Morgan fingerprint density at radius 3 is 2.14 bits per heavy atom. The number of halogens is 3. The quantitative estimate of drug-likeness (QED) is 0.504. The van der Waals surface area contributed by atoms with Gasteiger partial charge in [-0.3, -0.25) is 0 Å². The van der Waals surface area contributed by atoms with Crippen molar-refractivity contribution in [1.29, 1.82) is 0 Å². The van der Waals surface area contributed by atoms with Gasteiger partial charge in [-0.15, -0.1) is 77.8 Å². The van der Waals surface area contributed by atoms with E-state index < -0.39 is 0 Å². The summed E-state index contributed by atoms with van der Waals surface area (Å²) < 4.78 is 0. The summed E-state index contributed by atoms with van der Waals surface area (Å²) in [5.74, 6) is 0. The molecule has 0 bridgehead atoms. The second-order valence-corrected chi connectivity index (χ2v) is 2.66. The van der Waals surface area contributed by atoms with Gasteiger partial charge in [0.1, 0.15) is 0 Å². The van der Waals surface area contributed by atoms with Crippen molar-refractivity contribution in [1.82, 2.24) is 0 Å². The molecule has 0 fully saturated rings. The molecule has 2 rings (SSSR count). The summed E-state index contributed by atoms with van der Waals surface area (Å²) in [4.78, 5) is 0. The Morgan fingerprint density at radius 1 is 1.00 bits per heavy atom. The van der Waals surface area contributed by atoms with Crippen molar-refractivity contribution in [2.45, 2.75) is 6.92 Å². The van der Waals surface area contributed by atoms with Gasteiger partial charge < -0.3 is 0 Å². The van der Waals surface area contributed by atoms with Gasteiger partial charge in [-0.25, -0.2) is 0 Å². The zero-order valence-electron chi connectivity index (χ0n) is 7.69. The number of fused-ring (bicyclic) bond motifs is 1. The molecule has 14 heavy (non-hydrogen) atoms. The van der Waals surface area contributed by atoms with Crippen molar-refractivity contribution in [3.8, 4) is 0 Å². The predicted octanol–water partition coefficient (Wildman–Crippen LogP) is 4.13. The SMILES string of the molecule is Cc1cc2ccccc2[cH-]1.Cl.Cl.Cl.[Ti]. The number of aryl methyl sites for hydroxylation is 1. The molecule has 0 radical (unpaired) electrons. The molecule has 0 amide bonds. The maximum Gasteiger partial charge on any atom is 0 e. The second-order valence-electron chi connectivity index (χ2n) is 2.66. The molecule has 0 N–H and O–H groups in total. The molecule has 0 nitrogen and oxygen atoms in total. The van der Waals surface area contributed by atoms with Crippen LogP contribution in [-0.4, -0.2) is 0 Å². The average molecular weight is 286 g/mol. The molecule has 78 valence electrons. The van der Waals surface area contributed by atoms with Gasteiger partial charge in [0.2, 0.25) is 0 Å². The van der Waals surface area contributed by atoms with Crippen LogP contribution in [-0.2, 0) is 21.7 Å². The minimum Gasteiger partial charge on any atom is -0.165 e. The number of hydrogen-bond acceptors (Lipinski definition) is 0. The first-order valence-electron chi connectivity index (χ1n) is 3.48. The minimum absolute atomic E-state index is 0. The summed E-state index contributed by atoms with van der Waals surface area (Å²) in [5.41, 5.74) is 1.35. The number of benzene rings is 1. The zero-order chi connectivity index (χ0) is 6.97. The first kappa shape index (κ1) is 19.9. The van der Waals surface area contributed by atoms with Gasteiger partial charge in [0.25, 0.3) is 0 Å². The van der Waals surface area contributed by atoms with E-state index in [1.54, 1.807) is 0 Å². The van der Waals surface area contributed by atoms with Crippen molar-refractivity contribution in [3.05, 3.63) is 42.0 Å². The smallest absolute Gasteiger partial charge is 0 e. The first-order valence-corrected chi connectivity index (χ1v) is 3.48. The van der Waals surface area contributed by atoms with E-state index in [1.165, 1.54) is 16.3 Å². The van der Waals surface area contributed by atoms with Gasteiger partial charge in [0, 0.05) is 21.7 Å². The zero-order valence-corrected chi connectivity index (χ0v) is 11.7. The van der Waals surface area contributed by atoms with E-state index in [1.807, 2.05) is 0 Å². The van der Waals surface area contributed by atoms with Crippen LogP contribution in [0.2, 0.25) is 0 Å². The van der Waals surface area contributed by atoms with Gasteiger partial charge in [-0.1, -0.05) is 13.0 Å². The van der Waals surface area contributed by atoms with E-state index in [9.17, 15) is 0 Å². The standard InChI is InChI=1S/C10H9.3ClH.Ti/c1-8-6-9-4-2-3-5-10(9)7-8;;;;/h2-7H,1H3;3*1H;/q-1;;;;. The molecule has 0 aliphatic heterocycles. The summed E-state index contributed by atoms with van der Waals surface area (Å²) in [6, 6.07) is 12.8. The molecule has 2 aromatic rings. The fourth-order valence-corrected chi connectivity index (χ4v) is 1.31. The first-order chi connectivity index (χ1) is 4.86. The second kappa shape index (κ2) is 8.70. The van der Waals surface area contributed by atoms with Crippen LogP contribution in [0.3, 0.4) is 0 Å². The molecule has 0 unspecified atom stereocenters. The van der Waals surface area contributed by atoms with E-state index in [0.717, 1.165) is 0 Å². The van der Waals surface area contributed by atoms with Gasteiger partial charge >= 0.3 is 0 Å². The molecule has 0 aliphatic carbocycles. The Kier molecular flexibility index (Phi) is 12.4. The summed E-state index contributed by atoms with van der Waals surface area (Å²) in [6.07, 6.45) is 0. The van der Waals surface area contributed by atoms with Crippen LogP contribution < -0.4 is 0 Å². The molecule has 0 saturated carbocycles. The van der Waals surface area contributed by atoms with Crippen LogP contribution in [0.1, 0.15) is 5.56 Å². The van der Waals surface area contributed by atoms with E-state index in [2.05, 4.69) is 43.3 Å². The fraction of sp³-hybridized carbons (Fsp3) is 0.100. The van der Waals surface area contributed by atoms with E-state index >= 15 is 0 Å². The Morgan fingerprint density at radius 2 is 1.57 bits per heavy atom. The summed E-state index contributed by atoms with van der Waals surface area (Å²) in [5, 5.41) is 2.69. The Labute approximate surface area is 118 Å². The normalized spacial score (nSPS) is 7.50. The Hall–Kier alpha value is 0.414. The summed E-state index contributed by atoms with van der Waals surface area (Å²) in [7, 11) is 0. The minimum atomic E-state index is 0. The maximum atomic E-state index is 2.20. The third-order valence-electron chi connectivity index (χ3n) is 1.76. The van der Waals surface area contributed by atoms with E-state index in [-0.39, 0.29) is 58.9 Å². The van der Waals surface area contributed by atoms with Crippen molar-refractivity contribution >= 4 is 48.0 Å². The molecule has 0 spiro atoms. The van der Waals surface area contributed by atoms with Gasteiger partial charge in [-0.2, -0.15) is 6.07 Å².